The smallest absolute Gasteiger partial charge is 0.123 e. The molecule has 1 aromatic rings. The van der Waals surface area contributed by atoms with E-state index in [-0.39, 0.29) is 0 Å². The molecule has 1 aliphatic carbocycles. The fraction of sp³-hybridized carbons (Fsp3) is 0.684. The van der Waals surface area contributed by atoms with Crippen LogP contribution in [0.25, 0.3) is 0 Å². The lowest BCUT2D eigenvalue weighted by Gasteiger charge is -2.42. The third kappa shape index (κ3) is 4.49. The van der Waals surface area contributed by atoms with E-state index in [2.05, 4.69) is 44.8 Å². The minimum atomic E-state index is 0.835. The lowest BCUT2D eigenvalue weighted by atomic mass is 9.86. The van der Waals surface area contributed by atoms with Crippen molar-refractivity contribution in [2.75, 3.05) is 33.3 Å². The Morgan fingerprint density at radius 3 is 2.65 bits per heavy atom. The van der Waals surface area contributed by atoms with Crippen molar-refractivity contribution in [1.29, 1.82) is 0 Å². The number of piperazine rings is 1. The van der Waals surface area contributed by atoms with Crippen LogP contribution in [0.3, 0.4) is 0 Å². The Morgan fingerprint density at radius 2 is 1.96 bits per heavy atom. The van der Waals surface area contributed by atoms with Gasteiger partial charge in [-0.15, -0.1) is 0 Å². The average Bonchev–Trinajstić information content (AvgIpc) is 2.56. The Hall–Kier alpha value is -0.580. The topological polar surface area (TPSA) is 15.7 Å². The number of nitrogens with zero attached hydrogens (tertiary/aromatic N) is 2. The predicted molar refractivity (Wildman–Crippen MR) is 99.0 cm³/mol. The zero-order valence-electron chi connectivity index (χ0n) is 14.4. The molecule has 0 bridgehead atoms. The molecule has 0 spiro atoms. The van der Waals surface area contributed by atoms with Crippen LogP contribution in [-0.2, 0) is 6.54 Å². The molecule has 3 nitrogen and oxygen atoms in total. The molecule has 4 heteroatoms. The lowest BCUT2D eigenvalue weighted by molar-refractivity contribution is 0.0656. The highest BCUT2D eigenvalue weighted by Gasteiger charge is 2.27. The third-order valence-corrected chi connectivity index (χ3v) is 5.96. The Bertz CT molecular complexity index is 514. The van der Waals surface area contributed by atoms with Gasteiger partial charge in [-0.3, -0.25) is 9.80 Å². The number of halogens is 1. The first-order valence-corrected chi connectivity index (χ1v) is 9.74. The van der Waals surface area contributed by atoms with Gasteiger partial charge in [-0.1, -0.05) is 35.7 Å². The third-order valence-electron chi connectivity index (χ3n) is 5.47. The van der Waals surface area contributed by atoms with E-state index in [9.17, 15) is 0 Å². The average molecular weight is 381 g/mol. The molecule has 0 aromatic heterocycles. The molecule has 0 amide bonds. The van der Waals surface area contributed by atoms with Crippen molar-refractivity contribution in [3.05, 3.63) is 28.2 Å². The Kier molecular flexibility index (Phi) is 6.00. The summed E-state index contributed by atoms with van der Waals surface area (Å²) in [7, 11) is 1.76. The monoisotopic (exact) mass is 380 g/mol. The first-order chi connectivity index (χ1) is 11.2. The predicted octanol–water partition coefficient (Wildman–Crippen LogP) is 4.15. The maximum atomic E-state index is 5.51. The van der Waals surface area contributed by atoms with Crippen LogP contribution in [-0.4, -0.2) is 49.1 Å². The van der Waals surface area contributed by atoms with E-state index in [0.717, 1.165) is 28.7 Å². The van der Waals surface area contributed by atoms with Gasteiger partial charge in [-0.25, -0.2) is 0 Å². The van der Waals surface area contributed by atoms with Gasteiger partial charge in [-0.05, 0) is 37.0 Å². The molecule has 1 saturated heterocycles. The maximum absolute atomic E-state index is 5.51. The minimum Gasteiger partial charge on any atom is -0.496 e. The van der Waals surface area contributed by atoms with Crippen LogP contribution in [0, 0.1) is 5.92 Å². The molecule has 0 unspecified atom stereocenters. The summed E-state index contributed by atoms with van der Waals surface area (Å²) in [5.74, 6) is 1.91. The van der Waals surface area contributed by atoms with Crippen molar-refractivity contribution in [1.82, 2.24) is 9.80 Å². The van der Waals surface area contributed by atoms with Gasteiger partial charge in [-0.2, -0.15) is 0 Å². The molecular formula is C19H29BrN2O. The molecule has 1 saturated carbocycles. The fourth-order valence-electron chi connectivity index (χ4n) is 4.13. The van der Waals surface area contributed by atoms with E-state index in [1.165, 1.54) is 57.4 Å². The summed E-state index contributed by atoms with van der Waals surface area (Å²) in [6, 6.07) is 7.12. The standard InChI is InChI=1S/C19H29BrN2O/c1-15-4-3-5-18(12-15)22-10-8-21(9-11-22)14-16-13-17(20)6-7-19(16)23-2/h6-7,13,15,18H,3-5,8-12,14H2,1-2H3/t15-,18+/m1/s1. The molecule has 23 heavy (non-hydrogen) atoms. The Labute approximate surface area is 149 Å². The lowest BCUT2D eigenvalue weighted by Crippen LogP contribution is -2.50. The molecule has 0 radical (unpaired) electrons. The van der Waals surface area contributed by atoms with Gasteiger partial charge in [0.1, 0.15) is 5.75 Å². The number of hydrogen-bond acceptors (Lipinski definition) is 3. The zero-order valence-corrected chi connectivity index (χ0v) is 16.0. The van der Waals surface area contributed by atoms with E-state index in [0.29, 0.717) is 0 Å². The number of ether oxygens (including phenoxy) is 1. The fourth-order valence-corrected chi connectivity index (χ4v) is 4.54. The van der Waals surface area contributed by atoms with Gasteiger partial charge in [0.15, 0.2) is 0 Å². The van der Waals surface area contributed by atoms with Crippen LogP contribution in [0.2, 0.25) is 0 Å². The van der Waals surface area contributed by atoms with E-state index >= 15 is 0 Å². The van der Waals surface area contributed by atoms with Gasteiger partial charge in [0.25, 0.3) is 0 Å². The molecule has 2 atom stereocenters. The number of methoxy groups -OCH3 is 1. The van der Waals surface area contributed by atoms with E-state index < -0.39 is 0 Å². The van der Waals surface area contributed by atoms with E-state index in [1.54, 1.807) is 7.11 Å². The van der Waals surface area contributed by atoms with E-state index in [1.807, 2.05) is 6.07 Å². The molecule has 1 aliphatic heterocycles. The van der Waals surface area contributed by atoms with Gasteiger partial charge >= 0.3 is 0 Å². The normalized spacial score (nSPS) is 27.1. The number of benzene rings is 1. The number of hydrogen-bond donors (Lipinski definition) is 0. The largest absolute Gasteiger partial charge is 0.496 e. The van der Waals surface area contributed by atoms with Crippen LogP contribution in [0.4, 0.5) is 0 Å². The van der Waals surface area contributed by atoms with Crippen LogP contribution in [0.1, 0.15) is 38.2 Å². The molecule has 128 valence electrons. The minimum absolute atomic E-state index is 0.835. The highest BCUT2D eigenvalue weighted by molar-refractivity contribution is 9.10. The first-order valence-electron chi connectivity index (χ1n) is 8.94. The van der Waals surface area contributed by atoms with Crippen molar-refractivity contribution in [2.45, 2.75) is 45.2 Å². The van der Waals surface area contributed by atoms with E-state index in [4.69, 9.17) is 4.74 Å². The van der Waals surface area contributed by atoms with Crippen molar-refractivity contribution < 1.29 is 4.74 Å². The summed E-state index contributed by atoms with van der Waals surface area (Å²) in [4.78, 5) is 5.30. The molecule has 0 N–H and O–H groups in total. The second-order valence-electron chi connectivity index (χ2n) is 7.19. The molecule has 3 rings (SSSR count). The molecule has 2 aliphatic rings. The second kappa shape index (κ2) is 8.00. The highest BCUT2D eigenvalue weighted by atomic mass is 79.9. The van der Waals surface area contributed by atoms with Gasteiger partial charge in [0.05, 0.1) is 7.11 Å². The maximum Gasteiger partial charge on any atom is 0.123 e. The summed E-state index contributed by atoms with van der Waals surface area (Å²) < 4.78 is 6.64. The SMILES string of the molecule is COc1ccc(Br)cc1CN1CCN([C@H]2CCC[C@@H](C)C2)CC1. The second-order valence-corrected chi connectivity index (χ2v) is 8.11. The van der Waals surface area contributed by atoms with Gasteiger partial charge in [0, 0.05) is 48.8 Å². The van der Waals surface area contributed by atoms with Crippen LogP contribution >= 0.6 is 15.9 Å². The zero-order chi connectivity index (χ0) is 16.2. The quantitative estimate of drug-likeness (QED) is 0.779. The summed E-state index contributed by atoms with van der Waals surface area (Å²) in [5.41, 5.74) is 1.28. The summed E-state index contributed by atoms with van der Waals surface area (Å²) in [6.45, 7) is 8.17. The van der Waals surface area contributed by atoms with Gasteiger partial charge in [0.2, 0.25) is 0 Å². The molecule has 1 aromatic carbocycles. The molecule has 2 fully saturated rings. The summed E-state index contributed by atoms with van der Waals surface area (Å²) >= 11 is 3.58. The van der Waals surface area contributed by atoms with Gasteiger partial charge < -0.3 is 4.74 Å². The highest BCUT2D eigenvalue weighted by Crippen LogP contribution is 2.29. The molecule has 1 heterocycles. The first kappa shape index (κ1) is 17.2. The van der Waals surface area contributed by atoms with Crippen molar-refractivity contribution >= 4 is 15.9 Å². The molecular weight excluding hydrogens is 352 g/mol. The van der Waals surface area contributed by atoms with Crippen molar-refractivity contribution in [3.63, 3.8) is 0 Å². The summed E-state index contributed by atoms with van der Waals surface area (Å²) in [5, 5.41) is 0. The van der Waals surface area contributed by atoms with Crippen LogP contribution in [0.15, 0.2) is 22.7 Å². The Balaban J connectivity index is 1.54. The van der Waals surface area contributed by atoms with Crippen molar-refractivity contribution in [2.24, 2.45) is 5.92 Å². The van der Waals surface area contributed by atoms with Crippen molar-refractivity contribution in [3.8, 4) is 5.75 Å². The van der Waals surface area contributed by atoms with Crippen LogP contribution < -0.4 is 4.74 Å². The Morgan fingerprint density at radius 1 is 1.17 bits per heavy atom. The number of rotatable bonds is 4. The van der Waals surface area contributed by atoms with Crippen LogP contribution in [0.5, 0.6) is 5.75 Å². The summed E-state index contributed by atoms with van der Waals surface area (Å²) in [6.07, 6.45) is 5.66.